The van der Waals surface area contributed by atoms with Gasteiger partial charge in [0.2, 0.25) is 0 Å². The van der Waals surface area contributed by atoms with Gasteiger partial charge in [0.15, 0.2) is 0 Å². The average Bonchev–Trinajstić information content (AvgIpc) is 1.87. The van der Waals surface area contributed by atoms with Crippen LogP contribution in [0, 0.1) is 5.41 Å². The van der Waals surface area contributed by atoms with Crippen LogP contribution in [0.4, 0.5) is 0 Å². The first-order chi connectivity index (χ1) is 4.98. The van der Waals surface area contributed by atoms with Crippen molar-refractivity contribution in [2.75, 3.05) is 6.61 Å². The second kappa shape index (κ2) is 4.54. The highest BCUT2D eigenvalue weighted by Crippen LogP contribution is 2.23. The zero-order chi connectivity index (χ0) is 8.91. The minimum atomic E-state index is 0.150. The van der Waals surface area contributed by atoms with Gasteiger partial charge < -0.3 is 10.5 Å². The quantitative estimate of drug-likeness (QED) is 0.664. The lowest BCUT2D eigenvalue weighted by Crippen LogP contribution is -2.18. The van der Waals surface area contributed by atoms with Crippen molar-refractivity contribution < 1.29 is 4.74 Å². The number of hydrogen-bond acceptors (Lipinski definition) is 2. The molecule has 0 fully saturated rings. The molecule has 0 aromatic carbocycles. The van der Waals surface area contributed by atoms with Gasteiger partial charge in [0.25, 0.3) is 5.17 Å². The van der Waals surface area contributed by atoms with E-state index >= 15 is 0 Å². The smallest absolute Gasteiger partial charge is 0.253 e. The Labute approximate surface area is 74.1 Å². The fraction of sp³-hybridized carbons (Fsp3) is 0.875. The van der Waals surface area contributed by atoms with E-state index in [4.69, 9.17) is 10.5 Å². The van der Waals surface area contributed by atoms with Gasteiger partial charge in [-0.3, -0.25) is 0 Å². The molecule has 0 aliphatic carbocycles. The fourth-order valence-electron chi connectivity index (χ4n) is 0.605. The molecule has 0 bridgehead atoms. The van der Waals surface area contributed by atoms with Crippen molar-refractivity contribution in [2.24, 2.45) is 11.1 Å². The molecule has 0 radical (unpaired) electrons. The molecule has 11 heavy (non-hydrogen) atoms. The van der Waals surface area contributed by atoms with E-state index in [0.717, 1.165) is 12.8 Å². The Morgan fingerprint density at radius 1 is 1.55 bits per heavy atom. The van der Waals surface area contributed by atoms with E-state index in [1.165, 1.54) is 0 Å². The summed E-state index contributed by atoms with van der Waals surface area (Å²) in [5.74, 6) is 0. The maximum atomic E-state index is 5.17. The number of nitrogens with two attached hydrogens (primary N) is 1. The third-order valence-electron chi connectivity index (χ3n) is 1.98. The maximum absolute atomic E-state index is 5.17. The van der Waals surface area contributed by atoms with Crippen molar-refractivity contribution in [1.82, 2.24) is 0 Å². The van der Waals surface area contributed by atoms with Crippen LogP contribution < -0.4 is 5.73 Å². The molecule has 2 nitrogen and oxygen atoms in total. The summed E-state index contributed by atoms with van der Waals surface area (Å²) in [6, 6.07) is 0. The molecule has 0 aromatic rings. The summed E-state index contributed by atoms with van der Waals surface area (Å²) in [6.45, 7) is 7.21. The van der Waals surface area contributed by atoms with Gasteiger partial charge in [0.05, 0.1) is 6.61 Å². The highest BCUT2D eigenvalue weighted by molar-refractivity contribution is 7.80. The molecule has 66 valence electrons. The van der Waals surface area contributed by atoms with Gasteiger partial charge in [-0.15, -0.1) is 0 Å². The Morgan fingerprint density at radius 3 is 2.45 bits per heavy atom. The lowest BCUT2D eigenvalue weighted by atomic mass is 9.87. The van der Waals surface area contributed by atoms with Crippen LogP contribution in [0.1, 0.15) is 33.6 Å². The molecular formula is C8H17NOS. The third kappa shape index (κ3) is 6.10. The Hall–Kier alpha value is -0.310. The van der Waals surface area contributed by atoms with Crippen molar-refractivity contribution in [3.63, 3.8) is 0 Å². The molecular weight excluding hydrogens is 158 g/mol. The Morgan fingerprint density at radius 2 is 2.09 bits per heavy atom. The summed E-state index contributed by atoms with van der Waals surface area (Å²) in [5.41, 5.74) is 5.51. The van der Waals surface area contributed by atoms with E-state index in [2.05, 4.69) is 33.0 Å². The third-order valence-corrected chi connectivity index (χ3v) is 2.10. The average molecular weight is 175 g/mol. The predicted octanol–water partition coefficient (Wildman–Crippen LogP) is 2.07. The van der Waals surface area contributed by atoms with Crippen molar-refractivity contribution in [2.45, 2.75) is 33.6 Å². The van der Waals surface area contributed by atoms with Gasteiger partial charge in [0, 0.05) is 0 Å². The van der Waals surface area contributed by atoms with Crippen molar-refractivity contribution in [3.8, 4) is 0 Å². The molecule has 0 amide bonds. The van der Waals surface area contributed by atoms with Crippen molar-refractivity contribution in [1.29, 1.82) is 0 Å². The molecule has 0 saturated heterocycles. The maximum Gasteiger partial charge on any atom is 0.253 e. The van der Waals surface area contributed by atoms with Gasteiger partial charge in [-0.25, -0.2) is 0 Å². The van der Waals surface area contributed by atoms with Gasteiger partial charge >= 0.3 is 0 Å². The van der Waals surface area contributed by atoms with Gasteiger partial charge in [-0.1, -0.05) is 27.2 Å². The lowest BCUT2D eigenvalue weighted by Gasteiger charge is -2.21. The molecule has 0 aliphatic rings. The summed E-state index contributed by atoms with van der Waals surface area (Å²) in [5, 5.41) is 0.150. The Kier molecular flexibility index (Phi) is 4.42. The molecule has 0 unspecified atom stereocenters. The molecule has 0 saturated carbocycles. The number of hydrogen-bond donors (Lipinski definition) is 1. The fourth-order valence-corrected chi connectivity index (χ4v) is 0.688. The molecule has 3 heteroatoms. The highest BCUT2D eigenvalue weighted by Gasteiger charge is 2.14. The summed E-state index contributed by atoms with van der Waals surface area (Å²) in [7, 11) is 0. The molecule has 2 N–H and O–H groups in total. The zero-order valence-corrected chi connectivity index (χ0v) is 8.33. The van der Waals surface area contributed by atoms with Crippen LogP contribution in [0.3, 0.4) is 0 Å². The van der Waals surface area contributed by atoms with E-state index in [-0.39, 0.29) is 5.17 Å². The predicted molar refractivity (Wildman–Crippen MR) is 51.4 cm³/mol. The van der Waals surface area contributed by atoms with Crippen LogP contribution in [0.2, 0.25) is 0 Å². The summed E-state index contributed by atoms with van der Waals surface area (Å²) in [6.07, 6.45) is 2.15. The normalized spacial score (nSPS) is 11.2. The van der Waals surface area contributed by atoms with Gasteiger partial charge in [0.1, 0.15) is 0 Å². The topological polar surface area (TPSA) is 35.2 Å². The highest BCUT2D eigenvalue weighted by atomic mass is 32.1. The van der Waals surface area contributed by atoms with Crippen LogP contribution in [0.15, 0.2) is 0 Å². The first-order valence-electron chi connectivity index (χ1n) is 3.90. The standard InChI is InChI=1S/C8H17NOS/c1-4-8(2,3)5-6-10-7(9)11/h4-6H2,1-3H3,(H2,9,11). The van der Waals surface area contributed by atoms with Crippen molar-refractivity contribution in [3.05, 3.63) is 0 Å². The summed E-state index contributed by atoms with van der Waals surface area (Å²) in [4.78, 5) is 0. The minimum absolute atomic E-state index is 0.150. The summed E-state index contributed by atoms with van der Waals surface area (Å²) >= 11 is 4.58. The SMILES string of the molecule is CCC(C)(C)CCOC(N)=S. The molecule has 0 atom stereocenters. The van der Waals surface area contributed by atoms with E-state index < -0.39 is 0 Å². The van der Waals surface area contributed by atoms with Gasteiger partial charge in [-0.05, 0) is 24.1 Å². The number of ether oxygens (including phenoxy) is 1. The monoisotopic (exact) mass is 175 g/mol. The molecule has 0 spiro atoms. The van der Waals surface area contributed by atoms with Crippen LogP contribution >= 0.6 is 12.2 Å². The van der Waals surface area contributed by atoms with E-state index in [1.807, 2.05) is 0 Å². The number of thiocarbonyl (C=S) groups is 1. The molecule has 0 rings (SSSR count). The van der Waals surface area contributed by atoms with E-state index in [0.29, 0.717) is 12.0 Å². The zero-order valence-electron chi connectivity index (χ0n) is 7.52. The summed E-state index contributed by atoms with van der Waals surface area (Å²) < 4.78 is 4.99. The van der Waals surface area contributed by atoms with E-state index in [9.17, 15) is 0 Å². The first kappa shape index (κ1) is 10.7. The van der Waals surface area contributed by atoms with Crippen molar-refractivity contribution >= 4 is 17.4 Å². The number of rotatable bonds is 4. The molecule has 0 aliphatic heterocycles. The largest absolute Gasteiger partial charge is 0.471 e. The van der Waals surface area contributed by atoms with Crippen LogP contribution in [0.5, 0.6) is 0 Å². The molecule has 0 heterocycles. The Bertz CT molecular complexity index is 134. The molecule has 0 aromatic heterocycles. The second-order valence-electron chi connectivity index (χ2n) is 3.44. The van der Waals surface area contributed by atoms with Crippen LogP contribution in [-0.2, 0) is 4.74 Å². The van der Waals surface area contributed by atoms with Crippen LogP contribution in [0.25, 0.3) is 0 Å². The van der Waals surface area contributed by atoms with Gasteiger partial charge in [-0.2, -0.15) is 0 Å². The lowest BCUT2D eigenvalue weighted by molar-refractivity contribution is 0.217. The Balaban J connectivity index is 3.45. The minimum Gasteiger partial charge on any atom is -0.471 e. The first-order valence-corrected chi connectivity index (χ1v) is 4.31. The second-order valence-corrected chi connectivity index (χ2v) is 3.84. The van der Waals surface area contributed by atoms with Crippen LogP contribution in [-0.4, -0.2) is 11.8 Å². The van der Waals surface area contributed by atoms with E-state index in [1.54, 1.807) is 0 Å².